The van der Waals surface area contributed by atoms with Crippen LogP contribution in [0.2, 0.25) is 0 Å². The fourth-order valence-electron chi connectivity index (χ4n) is 4.65. The lowest BCUT2D eigenvalue weighted by Crippen LogP contribution is -2.35. The predicted molar refractivity (Wildman–Crippen MR) is 102 cm³/mol. The van der Waals surface area contributed by atoms with Gasteiger partial charge < -0.3 is 9.47 Å². The van der Waals surface area contributed by atoms with Crippen molar-refractivity contribution in [2.24, 2.45) is 28.6 Å². The molecule has 2 rings (SSSR count). The number of hydrogen-bond acceptors (Lipinski definition) is 4. The molecule has 26 heavy (non-hydrogen) atoms. The minimum Gasteiger partial charge on any atom is -0.462 e. The first kappa shape index (κ1) is 20.7. The highest BCUT2D eigenvalue weighted by Gasteiger charge is 2.63. The molecular formula is C22H34O4. The zero-order valence-corrected chi connectivity index (χ0v) is 17.4. The van der Waals surface area contributed by atoms with E-state index in [1.54, 1.807) is 13.8 Å². The highest BCUT2D eigenvalue weighted by Crippen LogP contribution is 2.69. The summed E-state index contributed by atoms with van der Waals surface area (Å²) in [6.45, 7) is 18.2. The molecule has 0 radical (unpaired) electrons. The van der Waals surface area contributed by atoms with Crippen LogP contribution in [0.25, 0.3) is 0 Å². The van der Waals surface area contributed by atoms with Crippen LogP contribution in [0, 0.1) is 28.6 Å². The molecule has 0 N–H and O–H groups in total. The summed E-state index contributed by atoms with van der Waals surface area (Å²) < 4.78 is 11.1. The van der Waals surface area contributed by atoms with E-state index in [0.29, 0.717) is 29.4 Å². The molecule has 146 valence electrons. The van der Waals surface area contributed by atoms with E-state index < -0.39 is 11.9 Å². The maximum atomic E-state index is 12.6. The largest absolute Gasteiger partial charge is 0.462 e. The van der Waals surface area contributed by atoms with E-state index in [1.807, 2.05) is 13.8 Å². The number of hydrogen-bond donors (Lipinski definition) is 0. The quantitative estimate of drug-likeness (QED) is 0.377. The van der Waals surface area contributed by atoms with Gasteiger partial charge in [0, 0.05) is 11.5 Å². The van der Waals surface area contributed by atoms with Gasteiger partial charge in [0.25, 0.3) is 0 Å². The van der Waals surface area contributed by atoms with E-state index >= 15 is 0 Å². The van der Waals surface area contributed by atoms with Crippen molar-refractivity contribution in [1.82, 2.24) is 0 Å². The normalized spacial score (nSPS) is 30.2. The SMILES string of the molecule is C=C(C)C(=O)O/C(=C(/C)C(=O)OCC(C)C)C1CC2CCC1(C)C2(C)C. The molecule has 0 aromatic carbocycles. The van der Waals surface area contributed by atoms with Crippen molar-refractivity contribution >= 4 is 11.9 Å². The second-order valence-corrected chi connectivity index (χ2v) is 9.31. The Labute approximate surface area is 158 Å². The Morgan fingerprint density at radius 2 is 1.77 bits per heavy atom. The van der Waals surface area contributed by atoms with E-state index in [9.17, 15) is 9.59 Å². The molecule has 2 aliphatic rings. The fraction of sp³-hybridized carbons (Fsp3) is 0.727. The van der Waals surface area contributed by atoms with E-state index in [-0.39, 0.29) is 22.7 Å². The van der Waals surface area contributed by atoms with Crippen LogP contribution in [0.15, 0.2) is 23.5 Å². The van der Waals surface area contributed by atoms with Crippen molar-refractivity contribution in [1.29, 1.82) is 0 Å². The number of allylic oxidation sites excluding steroid dienone is 1. The molecule has 0 heterocycles. The Kier molecular flexibility index (Phi) is 5.74. The summed E-state index contributed by atoms with van der Waals surface area (Å²) in [6.07, 6.45) is 3.22. The van der Waals surface area contributed by atoms with Crippen LogP contribution in [0.3, 0.4) is 0 Å². The molecule has 2 bridgehead atoms. The van der Waals surface area contributed by atoms with Crippen LogP contribution in [-0.4, -0.2) is 18.5 Å². The van der Waals surface area contributed by atoms with Gasteiger partial charge in [-0.25, -0.2) is 9.59 Å². The topological polar surface area (TPSA) is 52.6 Å². The summed E-state index contributed by atoms with van der Waals surface area (Å²) in [5.74, 6) is 0.505. The summed E-state index contributed by atoms with van der Waals surface area (Å²) in [6, 6.07) is 0. The van der Waals surface area contributed by atoms with Crippen LogP contribution in [0.5, 0.6) is 0 Å². The Hall–Kier alpha value is -1.58. The number of fused-ring (bicyclic) bond motifs is 2. The average molecular weight is 363 g/mol. The molecular weight excluding hydrogens is 328 g/mol. The third-order valence-corrected chi connectivity index (χ3v) is 6.89. The lowest BCUT2D eigenvalue weighted by atomic mass is 9.66. The molecule has 0 aromatic heterocycles. The molecule has 3 atom stereocenters. The average Bonchev–Trinajstić information content (AvgIpc) is 2.89. The van der Waals surface area contributed by atoms with Crippen LogP contribution >= 0.6 is 0 Å². The second kappa shape index (κ2) is 7.21. The molecule has 4 heteroatoms. The molecule has 0 amide bonds. The first-order valence-corrected chi connectivity index (χ1v) is 9.67. The van der Waals surface area contributed by atoms with Gasteiger partial charge in [0.1, 0.15) is 5.76 Å². The summed E-state index contributed by atoms with van der Waals surface area (Å²) in [5.41, 5.74) is 0.899. The van der Waals surface area contributed by atoms with Crippen molar-refractivity contribution in [2.75, 3.05) is 6.61 Å². The van der Waals surface area contributed by atoms with Gasteiger partial charge in [-0.05, 0) is 55.8 Å². The van der Waals surface area contributed by atoms with Gasteiger partial charge in [0.15, 0.2) is 0 Å². The third-order valence-electron chi connectivity index (χ3n) is 6.89. The monoisotopic (exact) mass is 362 g/mol. The van der Waals surface area contributed by atoms with Gasteiger partial charge in [0.05, 0.1) is 12.2 Å². The fourth-order valence-corrected chi connectivity index (χ4v) is 4.65. The number of carbonyl (C=O) groups is 2. The first-order valence-electron chi connectivity index (χ1n) is 9.67. The van der Waals surface area contributed by atoms with Crippen molar-refractivity contribution in [3.63, 3.8) is 0 Å². The lowest BCUT2D eigenvalue weighted by molar-refractivity contribution is -0.141. The highest BCUT2D eigenvalue weighted by atomic mass is 16.5. The maximum Gasteiger partial charge on any atom is 0.338 e. The molecule has 2 aliphatic carbocycles. The summed E-state index contributed by atoms with van der Waals surface area (Å²) in [7, 11) is 0. The second-order valence-electron chi connectivity index (χ2n) is 9.31. The number of carbonyl (C=O) groups excluding carboxylic acids is 2. The van der Waals surface area contributed by atoms with Crippen molar-refractivity contribution in [3.8, 4) is 0 Å². The zero-order valence-electron chi connectivity index (χ0n) is 17.4. The Morgan fingerprint density at radius 1 is 1.15 bits per heavy atom. The number of ether oxygens (including phenoxy) is 2. The van der Waals surface area contributed by atoms with E-state index in [0.717, 1.165) is 12.8 Å². The van der Waals surface area contributed by atoms with Crippen LogP contribution in [-0.2, 0) is 19.1 Å². The molecule has 0 saturated heterocycles. The van der Waals surface area contributed by atoms with Crippen molar-refractivity contribution in [2.45, 2.75) is 67.7 Å². The lowest BCUT2D eigenvalue weighted by Gasteiger charge is -2.40. The Morgan fingerprint density at radius 3 is 2.19 bits per heavy atom. The molecule has 4 nitrogen and oxygen atoms in total. The number of rotatable bonds is 6. The molecule has 2 saturated carbocycles. The number of esters is 2. The van der Waals surface area contributed by atoms with Gasteiger partial charge in [-0.3, -0.25) is 0 Å². The maximum absolute atomic E-state index is 12.6. The smallest absolute Gasteiger partial charge is 0.338 e. The van der Waals surface area contributed by atoms with E-state index in [2.05, 4.69) is 27.4 Å². The molecule has 0 aliphatic heterocycles. The summed E-state index contributed by atoms with van der Waals surface area (Å²) >= 11 is 0. The molecule has 2 fully saturated rings. The Bertz CT molecular complexity index is 641. The minimum absolute atomic E-state index is 0.00193. The van der Waals surface area contributed by atoms with Crippen LogP contribution in [0.1, 0.15) is 67.7 Å². The highest BCUT2D eigenvalue weighted by molar-refractivity contribution is 5.91. The summed E-state index contributed by atoms with van der Waals surface area (Å²) in [4.78, 5) is 24.8. The van der Waals surface area contributed by atoms with E-state index in [1.165, 1.54) is 6.42 Å². The molecule has 0 aromatic rings. The van der Waals surface area contributed by atoms with Gasteiger partial charge in [-0.1, -0.05) is 41.2 Å². The van der Waals surface area contributed by atoms with Gasteiger partial charge in [-0.15, -0.1) is 0 Å². The van der Waals surface area contributed by atoms with E-state index in [4.69, 9.17) is 9.47 Å². The third kappa shape index (κ3) is 3.47. The van der Waals surface area contributed by atoms with Gasteiger partial charge in [-0.2, -0.15) is 0 Å². The zero-order chi connectivity index (χ0) is 19.9. The minimum atomic E-state index is -0.472. The standard InChI is InChI=1S/C22H34O4/c1-13(2)12-25-20(24)15(5)18(26-19(23)14(3)4)17-11-16-9-10-22(17,8)21(16,6)7/h13,16-17H,3,9-12H2,1-2,4-8H3/b18-15-. The van der Waals surface area contributed by atoms with Crippen LogP contribution < -0.4 is 0 Å². The molecule has 0 spiro atoms. The Balaban J connectivity index is 2.39. The van der Waals surface area contributed by atoms with Crippen LogP contribution in [0.4, 0.5) is 0 Å². The summed E-state index contributed by atoms with van der Waals surface area (Å²) in [5, 5.41) is 0. The first-order chi connectivity index (χ1) is 11.9. The van der Waals surface area contributed by atoms with Gasteiger partial charge >= 0.3 is 11.9 Å². The predicted octanol–water partition coefficient (Wildman–Crippen LogP) is 5.04. The van der Waals surface area contributed by atoms with Crippen molar-refractivity contribution < 1.29 is 19.1 Å². The molecule has 3 unspecified atom stereocenters. The van der Waals surface area contributed by atoms with Gasteiger partial charge in [0.2, 0.25) is 0 Å². The van der Waals surface area contributed by atoms with Crippen molar-refractivity contribution in [3.05, 3.63) is 23.5 Å².